The molecule has 106 valence electrons. The van der Waals surface area contributed by atoms with Gasteiger partial charge in [-0.3, -0.25) is 0 Å². The number of benzene rings is 1. The number of rotatable bonds is 5. The van der Waals surface area contributed by atoms with Gasteiger partial charge in [0.15, 0.2) is 0 Å². The molecule has 0 atom stereocenters. The van der Waals surface area contributed by atoms with E-state index in [0.717, 1.165) is 11.3 Å². The Bertz CT molecular complexity index is 601. The first kappa shape index (κ1) is 14.4. The molecule has 0 bridgehead atoms. The van der Waals surface area contributed by atoms with Crippen LogP contribution in [0.15, 0.2) is 29.6 Å². The Kier molecular flexibility index (Phi) is 4.62. The fourth-order valence-electron chi connectivity index (χ4n) is 1.52. The van der Waals surface area contributed by atoms with Crippen LogP contribution in [0.4, 0.5) is 8.78 Å². The second kappa shape index (κ2) is 6.42. The van der Waals surface area contributed by atoms with Crippen molar-refractivity contribution in [3.63, 3.8) is 0 Å². The number of carbonyl (C=O) groups excluding carboxylic acids is 1. The SMILES string of the molecule is CCOC(=O)c1nc(-c2cccc(OC(F)F)c2)cs1. The third-order valence-corrected chi connectivity index (χ3v) is 3.13. The number of hydrogen-bond acceptors (Lipinski definition) is 5. The standard InChI is InChI=1S/C13H11F2NO3S/c1-2-18-12(17)11-16-10(7-20-11)8-4-3-5-9(6-8)19-13(14)15/h3-7,13H,2H2,1H3. The highest BCUT2D eigenvalue weighted by molar-refractivity contribution is 7.11. The van der Waals surface area contributed by atoms with E-state index in [1.54, 1.807) is 24.4 Å². The number of alkyl halides is 2. The monoisotopic (exact) mass is 299 g/mol. The summed E-state index contributed by atoms with van der Waals surface area (Å²) in [6.45, 7) is -0.904. The Labute approximate surface area is 118 Å². The van der Waals surface area contributed by atoms with E-state index in [1.807, 2.05) is 0 Å². The molecule has 0 fully saturated rings. The third kappa shape index (κ3) is 3.51. The molecule has 0 N–H and O–H groups in total. The second-order valence-corrected chi connectivity index (χ2v) is 4.52. The van der Waals surface area contributed by atoms with E-state index in [2.05, 4.69) is 9.72 Å². The lowest BCUT2D eigenvalue weighted by Gasteiger charge is -2.05. The van der Waals surface area contributed by atoms with E-state index in [4.69, 9.17) is 4.74 Å². The topological polar surface area (TPSA) is 48.4 Å². The van der Waals surface area contributed by atoms with E-state index in [9.17, 15) is 13.6 Å². The van der Waals surface area contributed by atoms with Crippen molar-refractivity contribution in [2.24, 2.45) is 0 Å². The molecule has 1 aromatic heterocycles. The van der Waals surface area contributed by atoms with Crippen molar-refractivity contribution in [3.05, 3.63) is 34.7 Å². The number of ether oxygens (including phenoxy) is 2. The van der Waals surface area contributed by atoms with Crippen molar-refractivity contribution in [1.82, 2.24) is 4.98 Å². The first-order valence-electron chi connectivity index (χ1n) is 5.78. The maximum atomic E-state index is 12.2. The van der Waals surface area contributed by atoms with Gasteiger partial charge in [0.1, 0.15) is 5.75 Å². The summed E-state index contributed by atoms with van der Waals surface area (Å²) in [5.74, 6) is -0.452. The molecule has 1 heterocycles. The van der Waals surface area contributed by atoms with E-state index in [-0.39, 0.29) is 17.4 Å². The molecular formula is C13H11F2NO3S. The molecule has 0 saturated carbocycles. The van der Waals surface area contributed by atoms with Crippen LogP contribution in [-0.2, 0) is 4.74 Å². The van der Waals surface area contributed by atoms with Gasteiger partial charge in [0.2, 0.25) is 5.01 Å². The molecule has 4 nitrogen and oxygen atoms in total. The average Bonchev–Trinajstić information content (AvgIpc) is 2.88. The van der Waals surface area contributed by atoms with Crippen molar-refractivity contribution in [2.75, 3.05) is 6.61 Å². The van der Waals surface area contributed by atoms with Crippen molar-refractivity contribution >= 4 is 17.3 Å². The minimum Gasteiger partial charge on any atom is -0.461 e. The maximum Gasteiger partial charge on any atom is 0.387 e. The van der Waals surface area contributed by atoms with E-state index < -0.39 is 12.6 Å². The highest BCUT2D eigenvalue weighted by Gasteiger charge is 2.13. The number of nitrogens with zero attached hydrogens (tertiary/aromatic N) is 1. The molecule has 7 heteroatoms. The first-order chi connectivity index (χ1) is 9.60. The predicted molar refractivity (Wildman–Crippen MR) is 70.1 cm³/mol. The Morgan fingerprint density at radius 2 is 2.25 bits per heavy atom. The summed E-state index contributed by atoms with van der Waals surface area (Å²) in [6, 6.07) is 6.14. The van der Waals surface area contributed by atoms with Crippen LogP contribution in [0.3, 0.4) is 0 Å². The largest absolute Gasteiger partial charge is 0.461 e. The zero-order chi connectivity index (χ0) is 14.5. The van der Waals surface area contributed by atoms with Gasteiger partial charge < -0.3 is 9.47 Å². The fraction of sp³-hybridized carbons (Fsp3) is 0.231. The number of esters is 1. The van der Waals surface area contributed by atoms with Crippen LogP contribution in [0.25, 0.3) is 11.3 Å². The van der Waals surface area contributed by atoms with Crippen molar-refractivity contribution in [2.45, 2.75) is 13.5 Å². The number of carbonyl (C=O) groups is 1. The minimum absolute atomic E-state index is 0.0446. The van der Waals surface area contributed by atoms with Gasteiger partial charge in [-0.2, -0.15) is 8.78 Å². The van der Waals surface area contributed by atoms with Crippen LogP contribution in [0.2, 0.25) is 0 Å². The third-order valence-electron chi connectivity index (χ3n) is 2.31. The quantitative estimate of drug-likeness (QED) is 0.792. The van der Waals surface area contributed by atoms with Gasteiger partial charge in [0, 0.05) is 10.9 Å². The molecule has 0 aliphatic heterocycles. The molecule has 1 aromatic carbocycles. The van der Waals surface area contributed by atoms with Crippen LogP contribution in [-0.4, -0.2) is 24.2 Å². The first-order valence-corrected chi connectivity index (χ1v) is 6.66. The molecule has 0 unspecified atom stereocenters. The van der Waals surface area contributed by atoms with Crippen LogP contribution >= 0.6 is 11.3 Å². The number of aromatic nitrogens is 1. The zero-order valence-corrected chi connectivity index (χ0v) is 11.3. The molecule has 0 spiro atoms. The summed E-state index contributed by atoms with van der Waals surface area (Å²) in [7, 11) is 0. The van der Waals surface area contributed by atoms with Crippen molar-refractivity contribution < 1.29 is 23.0 Å². The van der Waals surface area contributed by atoms with Gasteiger partial charge in [-0.25, -0.2) is 9.78 Å². The van der Waals surface area contributed by atoms with E-state index >= 15 is 0 Å². The number of hydrogen-bond donors (Lipinski definition) is 0. The van der Waals surface area contributed by atoms with E-state index in [1.165, 1.54) is 12.1 Å². The minimum atomic E-state index is -2.88. The molecule has 0 radical (unpaired) electrons. The lowest BCUT2D eigenvalue weighted by atomic mass is 10.2. The average molecular weight is 299 g/mol. The Hall–Kier alpha value is -2.02. The van der Waals surface area contributed by atoms with Gasteiger partial charge in [-0.1, -0.05) is 12.1 Å². The van der Waals surface area contributed by atoms with Gasteiger partial charge in [0.25, 0.3) is 0 Å². The molecule has 0 amide bonds. The molecule has 0 aliphatic rings. The van der Waals surface area contributed by atoms with E-state index in [0.29, 0.717) is 11.3 Å². The molecule has 2 aromatic rings. The van der Waals surface area contributed by atoms with Gasteiger partial charge in [-0.05, 0) is 19.1 Å². The molecular weight excluding hydrogens is 288 g/mol. The van der Waals surface area contributed by atoms with Crippen LogP contribution in [0.1, 0.15) is 16.7 Å². The van der Waals surface area contributed by atoms with Crippen LogP contribution < -0.4 is 4.74 Å². The Balaban J connectivity index is 2.21. The summed E-state index contributed by atoms with van der Waals surface area (Å²) in [6.07, 6.45) is 0. The lowest BCUT2D eigenvalue weighted by molar-refractivity contribution is -0.0498. The fourth-order valence-corrected chi connectivity index (χ4v) is 2.24. The number of thiazole rings is 1. The Morgan fingerprint density at radius 3 is 2.95 bits per heavy atom. The van der Waals surface area contributed by atoms with Crippen LogP contribution in [0.5, 0.6) is 5.75 Å². The summed E-state index contributed by atoms with van der Waals surface area (Å²) in [4.78, 5) is 15.6. The normalized spacial score (nSPS) is 10.6. The molecule has 0 saturated heterocycles. The summed E-state index contributed by atoms with van der Waals surface area (Å²) in [5.41, 5.74) is 1.10. The van der Waals surface area contributed by atoms with Crippen LogP contribution in [0, 0.1) is 0 Å². The highest BCUT2D eigenvalue weighted by Crippen LogP contribution is 2.26. The van der Waals surface area contributed by atoms with Gasteiger partial charge in [-0.15, -0.1) is 11.3 Å². The molecule has 20 heavy (non-hydrogen) atoms. The molecule has 2 rings (SSSR count). The van der Waals surface area contributed by atoms with Crippen molar-refractivity contribution in [1.29, 1.82) is 0 Å². The summed E-state index contributed by atoms with van der Waals surface area (Å²) >= 11 is 1.14. The lowest BCUT2D eigenvalue weighted by Crippen LogP contribution is -2.03. The smallest absolute Gasteiger partial charge is 0.387 e. The molecule has 0 aliphatic carbocycles. The summed E-state index contributed by atoms with van der Waals surface area (Å²) < 4.78 is 33.5. The number of halogens is 2. The predicted octanol–water partition coefficient (Wildman–Crippen LogP) is 3.59. The zero-order valence-electron chi connectivity index (χ0n) is 10.5. The summed E-state index contributed by atoms with van der Waals surface area (Å²) in [5, 5.41) is 1.88. The van der Waals surface area contributed by atoms with Gasteiger partial charge >= 0.3 is 12.6 Å². The van der Waals surface area contributed by atoms with Crippen molar-refractivity contribution in [3.8, 4) is 17.0 Å². The second-order valence-electron chi connectivity index (χ2n) is 3.66. The Morgan fingerprint density at radius 1 is 1.45 bits per heavy atom. The maximum absolute atomic E-state index is 12.2. The van der Waals surface area contributed by atoms with Gasteiger partial charge in [0.05, 0.1) is 12.3 Å². The highest BCUT2D eigenvalue weighted by atomic mass is 32.1.